The van der Waals surface area contributed by atoms with E-state index in [1.54, 1.807) is 16.8 Å². The number of halogens is 1. The molecule has 118 valence electrons. The summed E-state index contributed by atoms with van der Waals surface area (Å²) in [5, 5.41) is 11.6. The van der Waals surface area contributed by atoms with Gasteiger partial charge >= 0.3 is 6.03 Å². The third-order valence-corrected chi connectivity index (χ3v) is 3.52. The van der Waals surface area contributed by atoms with Gasteiger partial charge in [0, 0.05) is 5.56 Å². The van der Waals surface area contributed by atoms with E-state index in [1.165, 1.54) is 18.3 Å². The first kappa shape index (κ1) is 14.9. The molecule has 2 aromatic rings. The highest BCUT2D eigenvalue weighted by molar-refractivity contribution is 6.02. The molecular formula is C15H14FN5O2. The summed E-state index contributed by atoms with van der Waals surface area (Å²) in [6.07, 6.45) is 1.50. The first-order chi connectivity index (χ1) is 11.0. The van der Waals surface area contributed by atoms with Crippen molar-refractivity contribution in [3.8, 4) is 5.69 Å². The number of nitrogens with zero attached hydrogens (tertiary/aromatic N) is 4. The molecule has 3 amide bonds. The van der Waals surface area contributed by atoms with Crippen molar-refractivity contribution in [1.29, 1.82) is 0 Å². The molecule has 7 nitrogen and oxygen atoms in total. The number of hydrogen-bond donors (Lipinski definition) is 1. The summed E-state index contributed by atoms with van der Waals surface area (Å²) in [7, 11) is 0. The van der Waals surface area contributed by atoms with Crippen LogP contribution in [0.15, 0.2) is 29.4 Å². The molecule has 0 saturated carbocycles. The zero-order valence-corrected chi connectivity index (χ0v) is 12.6. The van der Waals surface area contributed by atoms with Gasteiger partial charge in [-0.05, 0) is 38.1 Å². The average molecular weight is 315 g/mol. The molecule has 1 aliphatic rings. The molecule has 1 fully saturated rings. The van der Waals surface area contributed by atoms with E-state index in [0.717, 1.165) is 22.0 Å². The first-order valence-electron chi connectivity index (χ1n) is 6.93. The average Bonchev–Trinajstić information content (AvgIpc) is 2.97. The smallest absolute Gasteiger partial charge is 0.275 e. The summed E-state index contributed by atoms with van der Waals surface area (Å²) in [5.74, 6) is -0.704. The predicted octanol–water partition coefficient (Wildman–Crippen LogP) is 1.51. The fourth-order valence-corrected chi connectivity index (χ4v) is 2.33. The van der Waals surface area contributed by atoms with Crippen molar-refractivity contribution in [3.63, 3.8) is 0 Å². The highest BCUT2D eigenvalue weighted by Gasteiger charge is 2.26. The van der Waals surface area contributed by atoms with Crippen LogP contribution in [0, 0.1) is 19.7 Å². The van der Waals surface area contributed by atoms with Gasteiger partial charge in [0.15, 0.2) is 0 Å². The van der Waals surface area contributed by atoms with Gasteiger partial charge in [-0.25, -0.2) is 18.9 Å². The molecule has 0 bridgehead atoms. The van der Waals surface area contributed by atoms with E-state index in [0.29, 0.717) is 5.69 Å². The first-order valence-corrected chi connectivity index (χ1v) is 6.93. The Morgan fingerprint density at radius 3 is 2.57 bits per heavy atom. The summed E-state index contributed by atoms with van der Waals surface area (Å²) in [4.78, 5) is 22.6. The largest absolute Gasteiger partial charge is 0.344 e. The van der Waals surface area contributed by atoms with Crippen LogP contribution in [-0.4, -0.2) is 39.5 Å². The number of amides is 3. The van der Waals surface area contributed by atoms with Gasteiger partial charge < -0.3 is 0 Å². The number of rotatable bonds is 3. The normalized spacial score (nSPS) is 14.8. The topological polar surface area (TPSA) is 79.6 Å². The van der Waals surface area contributed by atoms with Crippen LogP contribution in [0.25, 0.3) is 5.69 Å². The number of nitrogens with one attached hydrogen (secondary N) is 1. The van der Waals surface area contributed by atoms with Crippen molar-refractivity contribution >= 4 is 18.2 Å². The molecule has 1 aromatic carbocycles. The number of carbonyl (C=O) groups is 2. The van der Waals surface area contributed by atoms with E-state index >= 15 is 0 Å². The van der Waals surface area contributed by atoms with Crippen molar-refractivity contribution in [1.82, 2.24) is 20.1 Å². The molecule has 1 N–H and O–H groups in total. The van der Waals surface area contributed by atoms with E-state index in [-0.39, 0.29) is 18.3 Å². The highest BCUT2D eigenvalue weighted by atomic mass is 19.1. The molecule has 0 aliphatic carbocycles. The fraction of sp³-hybridized carbons (Fsp3) is 0.200. The Morgan fingerprint density at radius 1 is 1.26 bits per heavy atom. The standard InChI is InChI=1S/C15H14FN5O2/c1-9-13(7-17-20-8-14(22)18-15(20)23)10(2)21(19-9)12-5-3-11(16)4-6-12/h3-7H,8H2,1-2H3,(H,18,22,23). The quantitative estimate of drug-likeness (QED) is 0.689. The minimum absolute atomic E-state index is 0.0977. The van der Waals surface area contributed by atoms with Crippen LogP contribution in [0.5, 0.6) is 0 Å². The molecule has 2 heterocycles. The van der Waals surface area contributed by atoms with Crippen LogP contribution in [0.4, 0.5) is 9.18 Å². The molecule has 1 saturated heterocycles. The van der Waals surface area contributed by atoms with Crippen LogP contribution in [-0.2, 0) is 4.79 Å². The Bertz CT molecular complexity index is 810. The minimum Gasteiger partial charge on any atom is -0.275 e. The van der Waals surface area contributed by atoms with Gasteiger partial charge in [-0.15, -0.1) is 0 Å². The Hall–Kier alpha value is -3.03. The number of imide groups is 1. The molecule has 1 aliphatic heterocycles. The molecule has 0 radical (unpaired) electrons. The van der Waals surface area contributed by atoms with Crippen molar-refractivity contribution in [2.45, 2.75) is 13.8 Å². The summed E-state index contributed by atoms with van der Waals surface area (Å²) in [5.41, 5.74) is 2.97. The van der Waals surface area contributed by atoms with E-state index in [4.69, 9.17) is 0 Å². The van der Waals surface area contributed by atoms with E-state index in [1.807, 2.05) is 13.8 Å². The lowest BCUT2D eigenvalue weighted by atomic mass is 10.2. The lowest BCUT2D eigenvalue weighted by Gasteiger charge is -2.05. The molecule has 0 spiro atoms. The van der Waals surface area contributed by atoms with Crippen LogP contribution in [0.1, 0.15) is 17.0 Å². The Labute approximate surface area is 131 Å². The van der Waals surface area contributed by atoms with E-state index in [9.17, 15) is 14.0 Å². The number of urea groups is 1. The van der Waals surface area contributed by atoms with Gasteiger partial charge in [-0.1, -0.05) is 0 Å². The van der Waals surface area contributed by atoms with Gasteiger partial charge in [0.05, 0.1) is 23.3 Å². The Kier molecular flexibility index (Phi) is 3.65. The maximum Gasteiger partial charge on any atom is 0.344 e. The second-order valence-corrected chi connectivity index (χ2v) is 5.13. The molecular weight excluding hydrogens is 301 g/mol. The number of aromatic nitrogens is 2. The molecule has 0 unspecified atom stereocenters. The second-order valence-electron chi connectivity index (χ2n) is 5.13. The third kappa shape index (κ3) is 2.83. The van der Waals surface area contributed by atoms with Gasteiger partial charge in [0.2, 0.25) is 5.91 Å². The van der Waals surface area contributed by atoms with Crippen LogP contribution >= 0.6 is 0 Å². The number of aryl methyl sites for hydroxylation is 1. The maximum atomic E-state index is 13.0. The van der Waals surface area contributed by atoms with Gasteiger partial charge in [0.1, 0.15) is 12.4 Å². The van der Waals surface area contributed by atoms with Crippen molar-refractivity contribution < 1.29 is 14.0 Å². The monoisotopic (exact) mass is 315 g/mol. The van der Waals surface area contributed by atoms with Crippen LogP contribution < -0.4 is 5.32 Å². The molecule has 8 heteroatoms. The fourth-order valence-electron chi connectivity index (χ4n) is 2.33. The number of hydrazone groups is 1. The van der Waals surface area contributed by atoms with Crippen molar-refractivity contribution in [2.24, 2.45) is 5.10 Å². The van der Waals surface area contributed by atoms with Gasteiger partial charge in [-0.3, -0.25) is 10.1 Å². The highest BCUT2D eigenvalue weighted by Crippen LogP contribution is 2.17. The predicted molar refractivity (Wildman–Crippen MR) is 80.8 cm³/mol. The van der Waals surface area contributed by atoms with E-state index < -0.39 is 6.03 Å². The van der Waals surface area contributed by atoms with Crippen molar-refractivity contribution in [3.05, 3.63) is 47.0 Å². The van der Waals surface area contributed by atoms with Crippen LogP contribution in [0.3, 0.4) is 0 Å². The summed E-state index contributed by atoms with van der Waals surface area (Å²) >= 11 is 0. The lowest BCUT2D eigenvalue weighted by Crippen LogP contribution is -2.24. The van der Waals surface area contributed by atoms with Gasteiger partial charge in [-0.2, -0.15) is 10.2 Å². The summed E-state index contributed by atoms with van der Waals surface area (Å²) in [6.45, 7) is 3.56. The molecule has 3 rings (SSSR count). The minimum atomic E-state index is -0.549. The maximum absolute atomic E-state index is 13.0. The zero-order chi connectivity index (χ0) is 16.6. The lowest BCUT2D eigenvalue weighted by molar-refractivity contribution is -0.118. The Balaban J connectivity index is 1.90. The SMILES string of the molecule is Cc1nn(-c2ccc(F)cc2)c(C)c1C=NN1CC(=O)NC1=O. The van der Waals surface area contributed by atoms with E-state index in [2.05, 4.69) is 15.5 Å². The molecule has 23 heavy (non-hydrogen) atoms. The number of benzene rings is 1. The second kappa shape index (κ2) is 5.64. The van der Waals surface area contributed by atoms with Crippen molar-refractivity contribution in [2.75, 3.05) is 6.54 Å². The molecule has 1 aromatic heterocycles. The van der Waals surface area contributed by atoms with Gasteiger partial charge in [0.25, 0.3) is 0 Å². The zero-order valence-electron chi connectivity index (χ0n) is 12.6. The number of hydrogen-bond acceptors (Lipinski definition) is 4. The summed E-state index contributed by atoms with van der Waals surface area (Å²) < 4.78 is 14.7. The number of carbonyl (C=O) groups excluding carboxylic acids is 2. The summed E-state index contributed by atoms with van der Waals surface area (Å²) in [6, 6.07) is 5.43. The van der Waals surface area contributed by atoms with Crippen LogP contribution in [0.2, 0.25) is 0 Å². The third-order valence-electron chi connectivity index (χ3n) is 3.52. The Morgan fingerprint density at radius 2 is 1.96 bits per heavy atom. The molecule has 0 atom stereocenters.